The number of benzene rings is 1. The number of fused-ring (bicyclic) bond motifs is 1. The van der Waals surface area contributed by atoms with Gasteiger partial charge in [0.1, 0.15) is 17.7 Å². The van der Waals surface area contributed by atoms with E-state index in [0.717, 1.165) is 19.5 Å². The number of hydrogen-bond donors (Lipinski definition) is 1. The van der Waals surface area contributed by atoms with Crippen molar-refractivity contribution < 1.29 is 9.31 Å². The number of likely N-dealkylation sites (tertiary alicyclic amines) is 1. The second-order valence-corrected chi connectivity index (χ2v) is 5.33. The third kappa shape index (κ3) is 2.64. The van der Waals surface area contributed by atoms with Gasteiger partial charge >= 0.3 is 5.69 Å². The summed E-state index contributed by atoms with van der Waals surface area (Å²) in [6.07, 6.45) is 2.12. The summed E-state index contributed by atoms with van der Waals surface area (Å²) in [4.78, 5) is 16.9. The molecular weight excluding hydrogens is 275 g/mol. The third-order valence-corrected chi connectivity index (χ3v) is 3.75. The molecule has 0 spiro atoms. The number of anilines is 1. The summed E-state index contributed by atoms with van der Waals surface area (Å²) in [7, 11) is 2.00. The molecule has 7 heteroatoms. The second kappa shape index (κ2) is 5.25. The predicted octanol–water partition coefficient (Wildman–Crippen LogP) is 2.40. The first kappa shape index (κ1) is 13.7. The van der Waals surface area contributed by atoms with Gasteiger partial charge in [-0.05, 0) is 38.2 Å². The van der Waals surface area contributed by atoms with Gasteiger partial charge in [-0.2, -0.15) is 0 Å². The van der Waals surface area contributed by atoms with E-state index >= 15 is 0 Å². The number of nitrogens with zero attached hydrogens (tertiary/aromatic N) is 3. The molecule has 0 saturated carbocycles. The Kier molecular flexibility index (Phi) is 3.42. The molecule has 1 N–H and O–H groups in total. The summed E-state index contributed by atoms with van der Waals surface area (Å²) in [6, 6.07) is 4.23. The van der Waals surface area contributed by atoms with E-state index in [1.807, 2.05) is 7.05 Å². The lowest BCUT2D eigenvalue weighted by molar-refractivity contribution is -0.384. The molecule has 1 aromatic heterocycles. The van der Waals surface area contributed by atoms with Crippen LogP contribution in [0.15, 0.2) is 24.4 Å². The molecule has 6 nitrogen and oxygen atoms in total. The Morgan fingerprint density at radius 3 is 3.00 bits per heavy atom. The Bertz CT molecular complexity index is 707. The van der Waals surface area contributed by atoms with Crippen LogP contribution in [0.5, 0.6) is 0 Å². The first-order chi connectivity index (χ1) is 10.0. The van der Waals surface area contributed by atoms with Crippen molar-refractivity contribution >= 4 is 22.3 Å². The van der Waals surface area contributed by atoms with Crippen LogP contribution in [0.4, 0.5) is 15.8 Å². The van der Waals surface area contributed by atoms with Crippen molar-refractivity contribution in [2.45, 2.75) is 12.5 Å². The number of aromatic nitrogens is 1. The lowest BCUT2D eigenvalue weighted by Gasteiger charge is -2.16. The van der Waals surface area contributed by atoms with Gasteiger partial charge in [0.05, 0.1) is 10.4 Å². The smallest absolute Gasteiger partial charge is 0.311 e. The summed E-state index contributed by atoms with van der Waals surface area (Å²) < 4.78 is 13.5. The van der Waals surface area contributed by atoms with E-state index in [1.165, 1.54) is 24.4 Å². The second-order valence-electron chi connectivity index (χ2n) is 5.33. The molecule has 1 aliphatic heterocycles. The zero-order chi connectivity index (χ0) is 15.0. The highest BCUT2D eigenvalue weighted by Crippen LogP contribution is 2.33. The average molecular weight is 290 g/mol. The fraction of sp³-hybridized carbons (Fsp3) is 0.357. The van der Waals surface area contributed by atoms with E-state index < -0.39 is 10.7 Å². The first-order valence-corrected chi connectivity index (χ1v) is 6.72. The van der Waals surface area contributed by atoms with Crippen LogP contribution in [0, 0.1) is 15.9 Å². The monoisotopic (exact) mass is 290 g/mol. The molecular formula is C14H15FN4O2. The minimum absolute atomic E-state index is 0.113. The fourth-order valence-electron chi connectivity index (χ4n) is 2.70. The Morgan fingerprint density at radius 2 is 2.33 bits per heavy atom. The standard InChI is InChI=1S/C14H15FN4O2/c1-18-5-4-10(8-18)17-14-11-6-9(15)2-3-12(11)16-7-13(14)19(20)21/h2-3,6-7,10H,4-5,8H2,1H3,(H,16,17). The fourth-order valence-corrected chi connectivity index (χ4v) is 2.70. The summed E-state index contributed by atoms with van der Waals surface area (Å²) >= 11 is 0. The Morgan fingerprint density at radius 1 is 1.52 bits per heavy atom. The van der Waals surface area contributed by atoms with Crippen LogP contribution in [0.3, 0.4) is 0 Å². The molecule has 0 amide bonds. The van der Waals surface area contributed by atoms with Crippen molar-refractivity contribution in [1.82, 2.24) is 9.88 Å². The van der Waals surface area contributed by atoms with Gasteiger partial charge in [0, 0.05) is 18.0 Å². The Labute approximate surface area is 120 Å². The van der Waals surface area contributed by atoms with Gasteiger partial charge in [0.2, 0.25) is 0 Å². The highest BCUT2D eigenvalue weighted by atomic mass is 19.1. The van der Waals surface area contributed by atoms with Gasteiger partial charge in [-0.1, -0.05) is 0 Å². The van der Waals surface area contributed by atoms with E-state index in [9.17, 15) is 14.5 Å². The maximum atomic E-state index is 13.5. The van der Waals surface area contributed by atoms with Gasteiger partial charge in [0.25, 0.3) is 0 Å². The summed E-state index contributed by atoms with van der Waals surface area (Å²) in [5.41, 5.74) is 0.767. The minimum Gasteiger partial charge on any atom is -0.375 e. The maximum absolute atomic E-state index is 13.5. The molecule has 0 radical (unpaired) electrons. The van der Waals surface area contributed by atoms with E-state index in [-0.39, 0.29) is 11.7 Å². The van der Waals surface area contributed by atoms with Crippen LogP contribution < -0.4 is 5.32 Å². The van der Waals surface area contributed by atoms with Gasteiger partial charge < -0.3 is 10.2 Å². The first-order valence-electron chi connectivity index (χ1n) is 6.72. The van der Waals surface area contributed by atoms with E-state index in [2.05, 4.69) is 15.2 Å². The largest absolute Gasteiger partial charge is 0.375 e. The van der Waals surface area contributed by atoms with E-state index in [1.54, 1.807) is 0 Å². The average Bonchev–Trinajstić information content (AvgIpc) is 2.84. The van der Waals surface area contributed by atoms with Crippen LogP contribution in [-0.4, -0.2) is 41.0 Å². The van der Waals surface area contributed by atoms with Crippen LogP contribution >= 0.6 is 0 Å². The third-order valence-electron chi connectivity index (χ3n) is 3.75. The highest BCUT2D eigenvalue weighted by Gasteiger charge is 2.25. The quantitative estimate of drug-likeness (QED) is 0.694. The number of halogens is 1. The van der Waals surface area contributed by atoms with Gasteiger partial charge in [-0.3, -0.25) is 10.1 Å². The van der Waals surface area contributed by atoms with Gasteiger partial charge in [0.15, 0.2) is 0 Å². The minimum atomic E-state index is -0.488. The molecule has 1 atom stereocenters. The highest BCUT2D eigenvalue weighted by molar-refractivity contribution is 5.95. The Hall–Kier alpha value is -2.28. The lowest BCUT2D eigenvalue weighted by Crippen LogP contribution is -2.24. The number of nitro groups is 1. The molecule has 1 aromatic carbocycles. The molecule has 2 aromatic rings. The lowest BCUT2D eigenvalue weighted by atomic mass is 10.1. The van der Waals surface area contributed by atoms with Crippen LogP contribution in [0.2, 0.25) is 0 Å². The number of rotatable bonds is 3. The Balaban J connectivity index is 2.09. The number of likely N-dealkylation sites (N-methyl/N-ethyl adjacent to an activating group) is 1. The predicted molar refractivity (Wildman–Crippen MR) is 77.9 cm³/mol. The van der Waals surface area contributed by atoms with Crippen molar-refractivity contribution in [3.05, 3.63) is 40.3 Å². The van der Waals surface area contributed by atoms with Crippen LogP contribution in [0.1, 0.15) is 6.42 Å². The maximum Gasteiger partial charge on any atom is 0.311 e. The molecule has 110 valence electrons. The van der Waals surface area contributed by atoms with Crippen molar-refractivity contribution in [1.29, 1.82) is 0 Å². The SMILES string of the molecule is CN1CCC(Nc2c([N+](=O)[O-])cnc3ccc(F)cc23)C1. The van der Waals surface area contributed by atoms with Crippen LogP contribution in [-0.2, 0) is 0 Å². The van der Waals surface area contributed by atoms with Crippen molar-refractivity contribution in [2.75, 3.05) is 25.5 Å². The number of hydrogen-bond acceptors (Lipinski definition) is 5. The van der Waals surface area contributed by atoms with Crippen molar-refractivity contribution in [2.24, 2.45) is 0 Å². The van der Waals surface area contributed by atoms with Crippen molar-refractivity contribution in [3.8, 4) is 0 Å². The molecule has 1 saturated heterocycles. The topological polar surface area (TPSA) is 71.3 Å². The normalized spacial score (nSPS) is 19.0. The van der Waals surface area contributed by atoms with Crippen LogP contribution in [0.25, 0.3) is 10.9 Å². The number of nitrogens with one attached hydrogen (secondary N) is 1. The molecule has 2 heterocycles. The summed E-state index contributed by atoms with van der Waals surface area (Å²) in [6.45, 7) is 1.74. The molecule has 1 unspecified atom stereocenters. The molecule has 21 heavy (non-hydrogen) atoms. The van der Waals surface area contributed by atoms with E-state index in [0.29, 0.717) is 16.6 Å². The molecule has 1 aliphatic rings. The van der Waals surface area contributed by atoms with Gasteiger partial charge in [-0.15, -0.1) is 0 Å². The molecule has 3 rings (SSSR count). The molecule has 1 fully saturated rings. The van der Waals surface area contributed by atoms with E-state index in [4.69, 9.17) is 0 Å². The van der Waals surface area contributed by atoms with Crippen molar-refractivity contribution in [3.63, 3.8) is 0 Å². The summed E-state index contributed by atoms with van der Waals surface area (Å²) in [5.74, 6) is -0.434. The zero-order valence-corrected chi connectivity index (χ0v) is 11.5. The zero-order valence-electron chi connectivity index (χ0n) is 11.5. The summed E-state index contributed by atoms with van der Waals surface area (Å²) in [5, 5.41) is 14.9. The van der Waals surface area contributed by atoms with Gasteiger partial charge in [-0.25, -0.2) is 9.37 Å². The number of pyridine rings is 1. The molecule has 0 bridgehead atoms. The molecule has 0 aliphatic carbocycles.